The van der Waals surface area contributed by atoms with Crippen molar-refractivity contribution in [2.24, 2.45) is 0 Å². The molecule has 0 atom stereocenters. The topological polar surface area (TPSA) is 77.3 Å². The van der Waals surface area contributed by atoms with Crippen LogP contribution in [0.15, 0.2) is 340 Å². The van der Waals surface area contributed by atoms with Crippen molar-refractivity contribution in [3.05, 3.63) is 362 Å². The van der Waals surface area contributed by atoms with Gasteiger partial charge in [-0.15, -0.1) is 0 Å². The number of pyridine rings is 2. The van der Waals surface area contributed by atoms with Crippen LogP contribution in [-0.2, 0) is 10.8 Å². The molecule has 14 aromatic carbocycles. The van der Waals surface area contributed by atoms with E-state index in [9.17, 15) is 0 Å². The fraction of sp³-hybridized carbons (Fsp3) is 0.0600. The third-order valence-corrected chi connectivity index (χ3v) is 22.3. The summed E-state index contributed by atoms with van der Waals surface area (Å²) < 4.78 is 0. The van der Waals surface area contributed by atoms with E-state index in [0.29, 0.717) is 11.6 Å². The van der Waals surface area contributed by atoms with E-state index in [1.54, 1.807) is 0 Å². The molecule has 4 aromatic heterocycles. The Balaban J connectivity index is 0.666. The number of hydrogen-bond acceptors (Lipinski definition) is 6. The molecule has 0 aliphatic heterocycles. The molecule has 0 saturated heterocycles. The molecule has 0 unspecified atom stereocenters. The predicted octanol–water partition coefficient (Wildman–Crippen LogP) is 25.6. The Morgan fingerprint density at radius 1 is 0.179 bits per heavy atom. The first kappa shape index (κ1) is 62.4. The Labute approximate surface area is 615 Å². The van der Waals surface area contributed by atoms with Crippen molar-refractivity contribution in [2.75, 3.05) is 0 Å². The van der Waals surface area contributed by atoms with Gasteiger partial charge in [-0.1, -0.05) is 289 Å². The summed E-state index contributed by atoms with van der Waals surface area (Å²) in [7, 11) is 0. The summed E-state index contributed by atoms with van der Waals surface area (Å²) in [6, 6.07) is 122. The number of fused-ring (bicyclic) bond motifs is 10. The van der Waals surface area contributed by atoms with Crippen LogP contribution in [0.2, 0.25) is 0 Å². The Hall–Kier alpha value is -13.4. The smallest absolute Gasteiger partial charge is 0.161 e. The largest absolute Gasteiger partial charge is 0.248 e. The molecule has 4 heterocycles. The molecule has 6 nitrogen and oxygen atoms in total. The lowest BCUT2D eigenvalue weighted by Gasteiger charge is -2.22. The molecular formula is C100H68N6. The molecule has 0 spiro atoms. The third kappa shape index (κ3) is 10.5. The molecule has 106 heavy (non-hydrogen) atoms. The van der Waals surface area contributed by atoms with Crippen LogP contribution >= 0.6 is 0 Å². The van der Waals surface area contributed by atoms with Gasteiger partial charge in [-0.05, 0) is 178 Å². The molecule has 0 saturated carbocycles. The summed E-state index contributed by atoms with van der Waals surface area (Å²) in [6.07, 6.45) is 0. The highest BCUT2D eigenvalue weighted by molar-refractivity contribution is 6.07. The molecule has 2 aliphatic carbocycles. The van der Waals surface area contributed by atoms with Gasteiger partial charge in [0.05, 0.1) is 45.2 Å². The van der Waals surface area contributed by atoms with Gasteiger partial charge in [0.25, 0.3) is 0 Å². The molecule has 0 radical (unpaired) electrons. The van der Waals surface area contributed by atoms with Gasteiger partial charge in [0.15, 0.2) is 11.6 Å². The standard InChI is InChI=1S/C100H68N6/c1-99(2)85-41-25-24-40-75(85)79-53-83-78(63-28-12-6-13-29-63)56-94(102-96(83)57-87(79)99)81-51-72(49-70-37-20-22-38-73(70)81)97-103-90(64-30-14-7-15-31-64)59-93(104-97)67-44-42-61(43-45-67)68-46-47-76-80-54-82-77(62-26-10-5-11-27-62)55-89(101-95(82)58-88(80)100(3,4)86(76)52-68)71-48-69-36-21-23-39-74(69)84(50-71)98-105-91(65-32-16-8-17-33-65)60-92(106-98)66-34-18-9-19-35-66/h5-60H,1-4H3. The molecule has 18 aromatic rings. The van der Waals surface area contributed by atoms with Gasteiger partial charge < -0.3 is 0 Å². The average molecular weight is 1350 g/mol. The van der Waals surface area contributed by atoms with E-state index in [-0.39, 0.29) is 10.8 Å². The summed E-state index contributed by atoms with van der Waals surface area (Å²) in [4.78, 5) is 32.9. The summed E-state index contributed by atoms with van der Waals surface area (Å²) in [6.45, 7) is 9.40. The average Bonchev–Trinajstić information content (AvgIpc) is 1.53. The monoisotopic (exact) mass is 1350 g/mol. The second kappa shape index (κ2) is 24.7. The van der Waals surface area contributed by atoms with E-state index in [2.05, 4.69) is 355 Å². The van der Waals surface area contributed by atoms with Crippen LogP contribution in [0.3, 0.4) is 0 Å². The Bertz CT molecular complexity index is 6530. The number of nitrogens with zero attached hydrogens (tertiary/aromatic N) is 6. The Kier molecular flexibility index (Phi) is 14.5. The second-order valence-electron chi connectivity index (χ2n) is 29.3. The maximum Gasteiger partial charge on any atom is 0.161 e. The van der Waals surface area contributed by atoms with Gasteiger partial charge in [0, 0.05) is 66.1 Å². The van der Waals surface area contributed by atoms with Crippen LogP contribution in [0.4, 0.5) is 0 Å². The van der Waals surface area contributed by atoms with E-state index >= 15 is 0 Å². The quantitative estimate of drug-likeness (QED) is 0.128. The van der Waals surface area contributed by atoms with Crippen LogP contribution in [0, 0.1) is 0 Å². The summed E-state index contributed by atoms with van der Waals surface area (Å²) in [5.41, 5.74) is 31.5. The molecule has 0 amide bonds. The lowest BCUT2D eigenvalue weighted by atomic mass is 9.81. The first-order valence-corrected chi connectivity index (χ1v) is 36.5. The van der Waals surface area contributed by atoms with Crippen molar-refractivity contribution in [3.8, 4) is 146 Å². The Morgan fingerprint density at radius 2 is 0.557 bits per heavy atom. The van der Waals surface area contributed by atoms with Gasteiger partial charge in [-0.2, -0.15) is 0 Å². The summed E-state index contributed by atoms with van der Waals surface area (Å²) in [5.74, 6) is 1.30. The van der Waals surface area contributed by atoms with Crippen LogP contribution in [0.5, 0.6) is 0 Å². The third-order valence-electron chi connectivity index (χ3n) is 22.3. The van der Waals surface area contributed by atoms with Gasteiger partial charge in [0.2, 0.25) is 0 Å². The van der Waals surface area contributed by atoms with Crippen molar-refractivity contribution in [3.63, 3.8) is 0 Å². The Morgan fingerprint density at radius 3 is 1.10 bits per heavy atom. The van der Waals surface area contributed by atoms with E-state index < -0.39 is 0 Å². The summed E-state index contributed by atoms with van der Waals surface area (Å²) in [5, 5.41) is 6.59. The molecule has 0 bridgehead atoms. The van der Waals surface area contributed by atoms with Crippen molar-refractivity contribution >= 4 is 43.4 Å². The molecule has 6 heteroatoms. The van der Waals surface area contributed by atoms with Crippen LogP contribution < -0.4 is 0 Å². The normalized spacial score (nSPS) is 13.1. The number of hydrogen-bond donors (Lipinski definition) is 0. The minimum absolute atomic E-state index is 0.182. The van der Waals surface area contributed by atoms with Gasteiger partial charge >= 0.3 is 0 Å². The van der Waals surface area contributed by atoms with E-state index in [0.717, 1.165) is 155 Å². The van der Waals surface area contributed by atoms with Crippen LogP contribution in [0.25, 0.3) is 189 Å². The van der Waals surface area contributed by atoms with Gasteiger partial charge in [-0.3, -0.25) is 0 Å². The molecular weight excluding hydrogens is 1290 g/mol. The first-order valence-electron chi connectivity index (χ1n) is 36.5. The molecule has 20 rings (SSSR count). The van der Waals surface area contributed by atoms with Crippen molar-refractivity contribution in [2.45, 2.75) is 38.5 Å². The minimum Gasteiger partial charge on any atom is -0.248 e. The number of aromatic nitrogens is 6. The zero-order chi connectivity index (χ0) is 70.8. The highest BCUT2D eigenvalue weighted by atomic mass is 14.9. The fourth-order valence-electron chi connectivity index (χ4n) is 16.7. The maximum atomic E-state index is 5.67. The van der Waals surface area contributed by atoms with E-state index in [1.165, 1.54) is 44.5 Å². The van der Waals surface area contributed by atoms with E-state index in [4.69, 9.17) is 29.9 Å². The lowest BCUT2D eigenvalue weighted by Crippen LogP contribution is -2.15. The predicted molar refractivity (Wildman–Crippen MR) is 438 cm³/mol. The first-order chi connectivity index (χ1) is 52.0. The number of rotatable bonds is 11. The van der Waals surface area contributed by atoms with Crippen molar-refractivity contribution < 1.29 is 0 Å². The lowest BCUT2D eigenvalue weighted by molar-refractivity contribution is 0.661. The second-order valence-corrected chi connectivity index (χ2v) is 29.3. The highest BCUT2D eigenvalue weighted by Gasteiger charge is 2.38. The highest BCUT2D eigenvalue weighted by Crippen LogP contribution is 2.54. The SMILES string of the molecule is CC1(C)c2cc(-c3ccc(-c4cc(-c5ccccc5)nc(-c5cc(-c6cc(-c7ccccc7)c7cc8c(cc7n6)C(C)(C)c6ccccc6-8)c6ccccc6c5)n4)cc3)ccc2-c2cc3c(-c4ccccc4)cc(-c4cc(-c5nc(-c6ccccc6)cc(-c6ccccc6)n5)c5ccccc5c4)nc3cc21. The van der Waals surface area contributed by atoms with Gasteiger partial charge in [0.1, 0.15) is 0 Å². The van der Waals surface area contributed by atoms with Gasteiger partial charge in [-0.25, -0.2) is 29.9 Å². The van der Waals surface area contributed by atoms with Crippen molar-refractivity contribution in [1.29, 1.82) is 0 Å². The zero-order valence-electron chi connectivity index (χ0n) is 59.0. The maximum absolute atomic E-state index is 5.67. The minimum atomic E-state index is -0.347. The van der Waals surface area contributed by atoms with Crippen molar-refractivity contribution in [1.82, 2.24) is 29.9 Å². The molecule has 0 N–H and O–H groups in total. The van der Waals surface area contributed by atoms with E-state index in [1.807, 2.05) is 12.1 Å². The molecule has 2 aliphatic rings. The summed E-state index contributed by atoms with van der Waals surface area (Å²) >= 11 is 0. The molecule has 0 fully saturated rings. The molecule has 498 valence electrons. The fourth-order valence-corrected chi connectivity index (χ4v) is 16.7. The van der Waals surface area contributed by atoms with Crippen LogP contribution in [0.1, 0.15) is 49.9 Å². The van der Waals surface area contributed by atoms with Crippen LogP contribution in [-0.4, -0.2) is 29.9 Å². The zero-order valence-corrected chi connectivity index (χ0v) is 59.0. The number of benzene rings is 14.